The molecule has 0 spiro atoms. The van der Waals surface area contributed by atoms with E-state index < -0.39 is 0 Å². The highest BCUT2D eigenvalue weighted by atomic mass is 15.1. The molecule has 1 aliphatic rings. The summed E-state index contributed by atoms with van der Waals surface area (Å²) in [5.41, 5.74) is 2.72. The smallest absolute Gasteiger partial charge is 0.0366 e. The van der Waals surface area contributed by atoms with E-state index in [9.17, 15) is 0 Å². The SMILES string of the molecule is CCN(CC)c1ccc(CNC2CC2C)cc1. The number of benzene rings is 1. The van der Waals surface area contributed by atoms with Crippen LogP contribution in [0.15, 0.2) is 24.3 Å². The minimum atomic E-state index is 0.762. The van der Waals surface area contributed by atoms with Crippen LogP contribution in [0.4, 0.5) is 5.69 Å². The first-order valence-electron chi connectivity index (χ1n) is 6.81. The molecule has 1 fully saturated rings. The van der Waals surface area contributed by atoms with Gasteiger partial charge in [-0.2, -0.15) is 0 Å². The largest absolute Gasteiger partial charge is 0.372 e. The summed E-state index contributed by atoms with van der Waals surface area (Å²) in [7, 11) is 0. The summed E-state index contributed by atoms with van der Waals surface area (Å²) < 4.78 is 0. The second kappa shape index (κ2) is 5.54. The van der Waals surface area contributed by atoms with Crippen molar-refractivity contribution in [2.75, 3.05) is 18.0 Å². The molecule has 1 aromatic carbocycles. The first kappa shape index (κ1) is 12.4. The number of hydrogen-bond acceptors (Lipinski definition) is 2. The van der Waals surface area contributed by atoms with Crippen LogP contribution in [-0.4, -0.2) is 19.1 Å². The zero-order valence-corrected chi connectivity index (χ0v) is 11.2. The Kier molecular flexibility index (Phi) is 4.06. The molecule has 1 N–H and O–H groups in total. The molecule has 0 heterocycles. The van der Waals surface area contributed by atoms with Crippen molar-refractivity contribution >= 4 is 5.69 Å². The van der Waals surface area contributed by atoms with Crippen LogP contribution in [-0.2, 0) is 6.54 Å². The summed E-state index contributed by atoms with van der Waals surface area (Å²) in [6.45, 7) is 9.87. The van der Waals surface area contributed by atoms with Crippen LogP contribution in [0.25, 0.3) is 0 Å². The van der Waals surface area contributed by atoms with Gasteiger partial charge < -0.3 is 10.2 Å². The second-order valence-electron chi connectivity index (χ2n) is 5.04. The number of nitrogens with zero attached hydrogens (tertiary/aromatic N) is 1. The normalized spacial score (nSPS) is 22.5. The van der Waals surface area contributed by atoms with Gasteiger partial charge in [0.1, 0.15) is 0 Å². The number of rotatable bonds is 6. The summed E-state index contributed by atoms with van der Waals surface area (Å²) >= 11 is 0. The zero-order valence-electron chi connectivity index (χ0n) is 11.2. The van der Waals surface area contributed by atoms with Crippen LogP contribution in [0.5, 0.6) is 0 Å². The van der Waals surface area contributed by atoms with Crippen LogP contribution in [0, 0.1) is 5.92 Å². The number of nitrogens with one attached hydrogen (secondary N) is 1. The van der Waals surface area contributed by atoms with Gasteiger partial charge in [-0.15, -0.1) is 0 Å². The van der Waals surface area contributed by atoms with Gasteiger partial charge in [-0.1, -0.05) is 19.1 Å². The van der Waals surface area contributed by atoms with E-state index in [4.69, 9.17) is 0 Å². The average Bonchev–Trinajstić information content (AvgIpc) is 3.06. The van der Waals surface area contributed by atoms with Crippen molar-refractivity contribution in [1.82, 2.24) is 5.32 Å². The molecule has 2 unspecified atom stereocenters. The van der Waals surface area contributed by atoms with Gasteiger partial charge in [0.25, 0.3) is 0 Å². The van der Waals surface area contributed by atoms with Crippen LogP contribution < -0.4 is 10.2 Å². The van der Waals surface area contributed by atoms with Gasteiger partial charge in [-0.3, -0.25) is 0 Å². The van der Waals surface area contributed by atoms with E-state index in [1.807, 2.05) is 0 Å². The lowest BCUT2D eigenvalue weighted by atomic mass is 10.2. The first-order chi connectivity index (χ1) is 8.24. The maximum atomic E-state index is 3.59. The van der Waals surface area contributed by atoms with Gasteiger partial charge in [0, 0.05) is 31.4 Å². The van der Waals surface area contributed by atoms with Crippen molar-refractivity contribution in [3.63, 3.8) is 0 Å². The molecule has 1 aromatic rings. The lowest BCUT2D eigenvalue weighted by Crippen LogP contribution is -2.22. The summed E-state index contributed by atoms with van der Waals surface area (Å²) in [5.74, 6) is 0.880. The Morgan fingerprint density at radius 3 is 2.24 bits per heavy atom. The van der Waals surface area contributed by atoms with Crippen molar-refractivity contribution in [3.8, 4) is 0 Å². The molecule has 17 heavy (non-hydrogen) atoms. The molecular formula is C15H24N2. The van der Waals surface area contributed by atoms with Crippen molar-refractivity contribution in [3.05, 3.63) is 29.8 Å². The zero-order chi connectivity index (χ0) is 12.3. The predicted molar refractivity (Wildman–Crippen MR) is 74.4 cm³/mol. The van der Waals surface area contributed by atoms with Crippen molar-refractivity contribution in [2.45, 2.75) is 39.8 Å². The van der Waals surface area contributed by atoms with Gasteiger partial charge in [0.15, 0.2) is 0 Å². The number of hydrogen-bond donors (Lipinski definition) is 1. The molecule has 2 heteroatoms. The van der Waals surface area contributed by atoms with E-state index in [2.05, 4.69) is 55.3 Å². The molecule has 2 rings (SSSR count). The van der Waals surface area contributed by atoms with E-state index in [-0.39, 0.29) is 0 Å². The summed E-state index contributed by atoms with van der Waals surface area (Å²) in [6.07, 6.45) is 1.34. The van der Waals surface area contributed by atoms with E-state index in [1.54, 1.807) is 0 Å². The fourth-order valence-electron chi connectivity index (χ4n) is 2.27. The molecule has 0 radical (unpaired) electrons. The fourth-order valence-corrected chi connectivity index (χ4v) is 2.27. The van der Waals surface area contributed by atoms with E-state index >= 15 is 0 Å². The minimum Gasteiger partial charge on any atom is -0.372 e. The molecular weight excluding hydrogens is 208 g/mol. The third-order valence-corrected chi connectivity index (χ3v) is 3.74. The molecule has 2 nitrogen and oxygen atoms in total. The topological polar surface area (TPSA) is 15.3 Å². The Balaban J connectivity index is 1.88. The summed E-state index contributed by atoms with van der Waals surface area (Å²) in [5, 5.41) is 3.59. The molecule has 0 aromatic heterocycles. The number of anilines is 1. The Morgan fingerprint density at radius 1 is 1.18 bits per heavy atom. The molecule has 1 aliphatic carbocycles. The highest BCUT2D eigenvalue weighted by Gasteiger charge is 2.31. The van der Waals surface area contributed by atoms with Gasteiger partial charge in [0.05, 0.1) is 0 Å². The predicted octanol–water partition coefficient (Wildman–Crippen LogP) is 3.03. The maximum Gasteiger partial charge on any atom is 0.0366 e. The minimum absolute atomic E-state index is 0.762. The van der Waals surface area contributed by atoms with Crippen molar-refractivity contribution < 1.29 is 0 Å². The molecule has 1 saturated carbocycles. The fraction of sp³-hybridized carbons (Fsp3) is 0.600. The maximum absolute atomic E-state index is 3.59. The lowest BCUT2D eigenvalue weighted by molar-refractivity contribution is 0.652. The van der Waals surface area contributed by atoms with Crippen LogP contribution in [0.2, 0.25) is 0 Å². The molecule has 0 aliphatic heterocycles. The Hall–Kier alpha value is -1.02. The van der Waals surface area contributed by atoms with Gasteiger partial charge in [-0.05, 0) is 43.9 Å². The van der Waals surface area contributed by atoms with Crippen LogP contribution >= 0.6 is 0 Å². The van der Waals surface area contributed by atoms with Crippen LogP contribution in [0.3, 0.4) is 0 Å². The Morgan fingerprint density at radius 2 is 1.76 bits per heavy atom. The summed E-state index contributed by atoms with van der Waals surface area (Å²) in [6, 6.07) is 9.72. The third kappa shape index (κ3) is 3.22. The van der Waals surface area contributed by atoms with Gasteiger partial charge in [0.2, 0.25) is 0 Å². The highest BCUT2D eigenvalue weighted by Crippen LogP contribution is 2.29. The first-order valence-corrected chi connectivity index (χ1v) is 6.81. The molecule has 0 amide bonds. The standard InChI is InChI=1S/C15H24N2/c1-4-17(5-2)14-8-6-13(7-9-14)11-16-15-10-12(15)3/h6-9,12,15-16H,4-5,10-11H2,1-3H3. The van der Waals surface area contributed by atoms with Crippen molar-refractivity contribution in [1.29, 1.82) is 0 Å². The van der Waals surface area contributed by atoms with Gasteiger partial charge in [-0.25, -0.2) is 0 Å². The van der Waals surface area contributed by atoms with Crippen molar-refractivity contribution in [2.24, 2.45) is 5.92 Å². The quantitative estimate of drug-likeness (QED) is 0.811. The molecule has 94 valence electrons. The van der Waals surface area contributed by atoms with Gasteiger partial charge >= 0.3 is 0 Å². The molecule has 0 bridgehead atoms. The Labute approximate surface area is 105 Å². The Bertz CT molecular complexity index is 340. The average molecular weight is 232 g/mol. The monoisotopic (exact) mass is 232 g/mol. The summed E-state index contributed by atoms with van der Waals surface area (Å²) in [4.78, 5) is 2.38. The van der Waals surface area contributed by atoms with E-state index in [0.717, 1.165) is 31.6 Å². The molecule has 0 saturated heterocycles. The van der Waals surface area contributed by atoms with E-state index in [0.29, 0.717) is 0 Å². The molecule has 2 atom stereocenters. The third-order valence-electron chi connectivity index (χ3n) is 3.74. The van der Waals surface area contributed by atoms with Crippen LogP contribution in [0.1, 0.15) is 32.8 Å². The highest BCUT2D eigenvalue weighted by molar-refractivity contribution is 5.47. The van der Waals surface area contributed by atoms with E-state index in [1.165, 1.54) is 17.7 Å². The lowest BCUT2D eigenvalue weighted by Gasteiger charge is -2.21. The second-order valence-corrected chi connectivity index (χ2v) is 5.04.